The number of nitrogens with zero attached hydrogens (tertiary/aromatic N) is 3. The van der Waals surface area contributed by atoms with Gasteiger partial charge in [-0.15, -0.1) is 0 Å². The lowest BCUT2D eigenvalue weighted by Crippen LogP contribution is -2.55. The lowest BCUT2D eigenvalue weighted by atomic mass is 10.0. The Labute approximate surface area is 165 Å². The number of carbonyl (C=O) groups excluding carboxylic acids is 1. The van der Waals surface area contributed by atoms with Crippen LogP contribution in [-0.4, -0.2) is 65.1 Å². The van der Waals surface area contributed by atoms with Gasteiger partial charge in [0.15, 0.2) is 0 Å². The van der Waals surface area contributed by atoms with Crippen molar-refractivity contribution in [3.63, 3.8) is 0 Å². The molecule has 0 spiro atoms. The summed E-state index contributed by atoms with van der Waals surface area (Å²) in [4.78, 5) is 30.8. The third-order valence-corrected chi connectivity index (χ3v) is 4.76. The van der Waals surface area contributed by atoms with E-state index in [-0.39, 0.29) is 12.2 Å². The molecule has 0 aromatic carbocycles. The highest BCUT2D eigenvalue weighted by atomic mass is 16.6. The maximum atomic E-state index is 11.9. The average molecular weight is 391 g/mol. The van der Waals surface area contributed by atoms with Crippen LogP contribution in [0.4, 0.5) is 15.4 Å². The second-order valence-electron chi connectivity index (χ2n) is 8.30. The summed E-state index contributed by atoms with van der Waals surface area (Å²) >= 11 is 0. The number of carboxylic acid groups (broad SMARTS) is 1. The van der Waals surface area contributed by atoms with Crippen molar-refractivity contribution < 1.29 is 24.2 Å². The van der Waals surface area contributed by atoms with Crippen LogP contribution in [0, 0.1) is 0 Å². The monoisotopic (exact) mass is 391 g/mol. The maximum Gasteiger partial charge on any atom is 0.413 e. The molecule has 0 unspecified atom stereocenters. The molecule has 1 fully saturated rings. The molecule has 154 valence electrons. The van der Waals surface area contributed by atoms with Crippen molar-refractivity contribution in [2.75, 3.05) is 31.1 Å². The molecule has 2 aliphatic rings. The zero-order valence-corrected chi connectivity index (χ0v) is 16.8. The number of likely N-dealkylation sites (tertiary alicyclic amines) is 1. The van der Waals surface area contributed by atoms with Crippen LogP contribution < -0.4 is 4.90 Å². The van der Waals surface area contributed by atoms with Crippen molar-refractivity contribution in [2.24, 2.45) is 0 Å². The fourth-order valence-corrected chi connectivity index (χ4v) is 3.33. The zero-order chi connectivity index (χ0) is 20.3. The van der Waals surface area contributed by atoms with E-state index in [1.165, 1.54) is 4.90 Å². The normalized spacial score (nSPS) is 17.1. The minimum Gasteiger partial charge on any atom is -0.465 e. The first-order valence-electron chi connectivity index (χ1n) is 9.82. The Kier molecular flexibility index (Phi) is 6.07. The summed E-state index contributed by atoms with van der Waals surface area (Å²) in [6.07, 6.45) is 2.01. The summed E-state index contributed by atoms with van der Waals surface area (Å²) in [6, 6.07) is 3.95. The van der Waals surface area contributed by atoms with Crippen LogP contribution in [0.1, 0.15) is 44.9 Å². The Balaban J connectivity index is 1.39. The molecule has 1 N–H and O–H groups in total. The van der Waals surface area contributed by atoms with Gasteiger partial charge in [0, 0.05) is 18.8 Å². The van der Waals surface area contributed by atoms with Crippen molar-refractivity contribution in [2.45, 2.75) is 58.2 Å². The van der Waals surface area contributed by atoms with E-state index >= 15 is 0 Å². The molecule has 0 atom stereocenters. The molecule has 0 aliphatic carbocycles. The third-order valence-electron chi connectivity index (χ3n) is 4.76. The molecular weight excluding hydrogens is 362 g/mol. The highest BCUT2D eigenvalue weighted by Gasteiger charge is 2.34. The van der Waals surface area contributed by atoms with Gasteiger partial charge in [0.25, 0.3) is 0 Å². The molecule has 8 heteroatoms. The average Bonchev–Trinajstić information content (AvgIpc) is 2.57. The van der Waals surface area contributed by atoms with Crippen molar-refractivity contribution >= 4 is 18.0 Å². The molecule has 2 aliphatic heterocycles. The fraction of sp³-hybridized carbons (Fsp3) is 0.650. The van der Waals surface area contributed by atoms with E-state index in [0.29, 0.717) is 32.1 Å². The second kappa shape index (κ2) is 8.34. The molecular formula is C20H29N3O5. The summed E-state index contributed by atoms with van der Waals surface area (Å²) in [5.74, 6) is 0.573. The van der Waals surface area contributed by atoms with E-state index in [0.717, 1.165) is 36.9 Å². The number of amides is 2. The Morgan fingerprint density at radius 2 is 2.04 bits per heavy atom. The van der Waals surface area contributed by atoms with E-state index < -0.39 is 11.7 Å². The topological polar surface area (TPSA) is 92.2 Å². The fourth-order valence-electron chi connectivity index (χ4n) is 3.33. The van der Waals surface area contributed by atoms with E-state index in [2.05, 4.69) is 4.98 Å². The van der Waals surface area contributed by atoms with Gasteiger partial charge in [-0.1, -0.05) is 6.07 Å². The lowest BCUT2D eigenvalue weighted by Gasteiger charge is -2.39. The van der Waals surface area contributed by atoms with Crippen molar-refractivity contribution in [3.05, 3.63) is 23.4 Å². The highest BCUT2D eigenvalue weighted by Crippen LogP contribution is 2.25. The molecule has 3 heterocycles. The molecule has 0 bridgehead atoms. The van der Waals surface area contributed by atoms with Crippen LogP contribution in [-0.2, 0) is 22.3 Å². The van der Waals surface area contributed by atoms with Gasteiger partial charge in [-0.2, -0.15) is 0 Å². The number of rotatable bonds is 5. The molecule has 0 saturated carbocycles. The first-order valence-corrected chi connectivity index (χ1v) is 9.82. The minimum absolute atomic E-state index is 0.0477. The summed E-state index contributed by atoms with van der Waals surface area (Å²) < 4.78 is 11.1. The second-order valence-corrected chi connectivity index (χ2v) is 8.30. The summed E-state index contributed by atoms with van der Waals surface area (Å²) in [5.41, 5.74) is 1.38. The van der Waals surface area contributed by atoms with Gasteiger partial charge >= 0.3 is 12.2 Å². The first kappa shape index (κ1) is 20.4. The zero-order valence-electron chi connectivity index (χ0n) is 16.8. The van der Waals surface area contributed by atoms with E-state index in [1.54, 1.807) is 4.90 Å². The Morgan fingerprint density at radius 1 is 1.29 bits per heavy atom. The van der Waals surface area contributed by atoms with E-state index in [1.807, 2.05) is 32.9 Å². The number of aryl methyl sites for hydroxylation is 2. The quantitative estimate of drug-likeness (QED) is 0.776. The molecule has 1 saturated heterocycles. The van der Waals surface area contributed by atoms with Gasteiger partial charge in [-0.05, 0) is 58.1 Å². The van der Waals surface area contributed by atoms with Gasteiger partial charge in [-0.3, -0.25) is 4.90 Å². The molecule has 0 radical (unpaired) electrons. The van der Waals surface area contributed by atoms with Crippen LogP contribution in [0.2, 0.25) is 0 Å². The lowest BCUT2D eigenvalue weighted by molar-refractivity contribution is -0.0634. The first-order chi connectivity index (χ1) is 13.2. The molecule has 1 aromatic rings. The summed E-state index contributed by atoms with van der Waals surface area (Å²) in [5, 5.41) is 9.34. The van der Waals surface area contributed by atoms with Crippen LogP contribution in [0.3, 0.4) is 0 Å². The third kappa shape index (κ3) is 5.13. The largest absolute Gasteiger partial charge is 0.465 e. The van der Waals surface area contributed by atoms with Crippen LogP contribution in [0.5, 0.6) is 0 Å². The van der Waals surface area contributed by atoms with Crippen LogP contribution >= 0.6 is 0 Å². The Bertz CT molecular complexity index is 725. The van der Waals surface area contributed by atoms with Gasteiger partial charge in [0.2, 0.25) is 0 Å². The predicted molar refractivity (Wildman–Crippen MR) is 104 cm³/mol. The number of hydrogen-bond acceptors (Lipinski definition) is 5. The number of carbonyl (C=O) groups is 2. The Morgan fingerprint density at radius 3 is 2.71 bits per heavy atom. The van der Waals surface area contributed by atoms with E-state index in [9.17, 15) is 14.7 Å². The number of ether oxygens (including phenoxy) is 2. The standard InChI is InChI=1S/C20H29N3O5/c1-20(2,3)28-19(26)22-12-16(13-22)27-11-5-7-15-9-8-14-6-4-10-23(18(24)25)17(14)21-15/h8-9,16H,4-7,10-13H2,1-3H3,(H,24,25). The number of fused-ring (bicyclic) bond motifs is 1. The predicted octanol–water partition coefficient (Wildman–Crippen LogP) is 3.08. The Hall–Kier alpha value is -2.35. The van der Waals surface area contributed by atoms with Crippen LogP contribution in [0.25, 0.3) is 0 Å². The minimum atomic E-state index is -0.951. The molecule has 1 aromatic heterocycles. The highest BCUT2D eigenvalue weighted by molar-refractivity contribution is 5.86. The number of pyridine rings is 1. The molecule has 3 rings (SSSR count). The SMILES string of the molecule is CC(C)(C)OC(=O)N1CC(OCCCc2ccc3c(n2)N(C(=O)O)CCC3)C1. The van der Waals surface area contributed by atoms with Crippen molar-refractivity contribution in [1.29, 1.82) is 0 Å². The van der Waals surface area contributed by atoms with Gasteiger partial charge in [0.1, 0.15) is 11.4 Å². The molecule has 28 heavy (non-hydrogen) atoms. The van der Waals surface area contributed by atoms with Crippen molar-refractivity contribution in [1.82, 2.24) is 9.88 Å². The smallest absolute Gasteiger partial charge is 0.413 e. The van der Waals surface area contributed by atoms with Crippen molar-refractivity contribution in [3.8, 4) is 0 Å². The number of anilines is 1. The number of aromatic nitrogens is 1. The maximum absolute atomic E-state index is 11.9. The summed E-state index contributed by atoms with van der Waals surface area (Å²) in [7, 11) is 0. The number of hydrogen-bond donors (Lipinski definition) is 1. The van der Waals surface area contributed by atoms with Gasteiger partial charge in [-0.25, -0.2) is 14.6 Å². The van der Waals surface area contributed by atoms with Crippen LogP contribution in [0.15, 0.2) is 12.1 Å². The molecule has 2 amide bonds. The van der Waals surface area contributed by atoms with Gasteiger partial charge < -0.3 is 19.5 Å². The van der Waals surface area contributed by atoms with Gasteiger partial charge in [0.05, 0.1) is 19.2 Å². The summed E-state index contributed by atoms with van der Waals surface area (Å²) in [6.45, 7) is 7.74. The molecule has 8 nitrogen and oxygen atoms in total. The van der Waals surface area contributed by atoms with E-state index in [4.69, 9.17) is 9.47 Å².